The van der Waals surface area contributed by atoms with E-state index in [1.807, 2.05) is 0 Å². The fourth-order valence-electron chi connectivity index (χ4n) is 3.91. The second-order valence-electron chi connectivity index (χ2n) is 7.84. The van der Waals surface area contributed by atoms with Crippen LogP contribution in [0, 0.1) is 5.82 Å². The molecule has 0 saturated carbocycles. The molecule has 8 nitrogen and oxygen atoms in total. The first-order chi connectivity index (χ1) is 15.5. The van der Waals surface area contributed by atoms with Crippen LogP contribution in [0.2, 0.25) is 5.28 Å². The summed E-state index contributed by atoms with van der Waals surface area (Å²) in [5.74, 6) is -1.21. The molecule has 0 bridgehead atoms. The molecule has 33 heavy (non-hydrogen) atoms. The number of nitrogens with zero attached hydrogens (tertiary/aromatic N) is 4. The second kappa shape index (κ2) is 8.82. The Morgan fingerprint density at radius 2 is 1.91 bits per heavy atom. The number of morpholine rings is 1. The van der Waals surface area contributed by atoms with Crippen molar-refractivity contribution in [3.05, 3.63) is 45.6 Å². The number of carbonyl (C=O) groups is 1. The molecule has 0 radical (unpaired) electrons. The van der Waals surface area contributed by atoms with Gasteiger partial charge >= 0.3 is 12.2 Å². The number of anilines is 2. The van der Waals surface area contributed by atoms with Crippen molar-refractivity contribution in [3.63, 3.8) is 0 Å². The molecule has 4 rings (SSSR count). The van der Waals surface area contributed by atoms with Gasteiger partial charge in [-0.05, 0) is 30.7 Å². The zero-order chi connectivity index (χ0) is 23.9. The highest BCUT2D eigenvalue weighted by Crippen LogP contribution is 2.37. The van der Waals surface area contributed by atoms with Gasteiger partial charge in [0.25, 0.3) is 0 Å². The van der Waals surface area contributed by atoms with Gasteiger partial charge in [0.2, 0.25) is 5.28 Å². The van der Waals surface area contributed by atoms with E-state index in [2.05, 4.69) is 15.3 Å². The normalized spacial score (nSPS) is 17.2. The van der Waals surface area contributed by atoms with Gasteiger partial charge in [-0.1, -0.05) is 0 Å². The Balaban J connectivity index is 1.59. The number of halogens is 5. The zero-order valence-electron chi connectivity index (χ0n) is 17.5. The Morgan fingerprint density at radius 3 is 2.58 bits per heavy atom. The number of nitrogens with one attached hydrogen (secondary N) is 1. The van der Waals surface area contributed by atoms with Crippen LogP contribution in [0.5, 0.6) is 0 Å². The molecule has 3 N–H and O–H groups in total. The van der Waals surface area contributed by atoms with Crippen LogP contribution in [0.4, 0.5) is 33.9 Å². The number of carbonyl (C=O) groups excluding carboxylic acids is 1. The highest BCUT2D eigenvalue weighted by molar-refractivity contribution is 6.28. The topological polar surface area (TPSA) is 96.6 Å². The van der Waals surface area contributed by atoms with E-state index < -0.39 is 23.6 Å². The third-order valence-corrected chi connectivity index (χ3v) is 5.72. The van der Waals surface area contributed by atoms with Gasteiger partial charge in [0.15, 0.2) is 0 Å². The number of amides is 2. The van der Waals surface area contributed by atoms with Crippen molar-refractivity contribution in [3.8, 4) is 0 Å². The summed E-state index contributed by atoms with van der Waals surface area (Å²) in [4.78, 5) is 24.4. The van der Waals surface area contributed by atoms with E-state index in [1.54, 1.807) is 9.80 Å². The molecular formula is C20H21ClF4N6O2. The molecular weight excluding hydrogens is 468 g/mol. The number of ether oxygens (including phenoxy) is 1. The van der Waals surface area contributed by atoms with E-state index in [1.165, 1.54) is 6.92 Å². The summed E-state index contributed by atoms with van der Waals surface area (Å²) in [7, 11) is 0. The predicted octanol–water partition coefficient (Wildman–Crippen LogP) is 3.81. The van der Waals surface area contributed by atoms with Crippen LogP contribution in [-0.2, 0) is 24.0 Å². The van der Waals surface area contributed by atoms with Gasteiger partial charge in [0.05, 0.1) is 43.6 Å². The summed E-state index contributed by atoms with van der Waals surface area (Å²) in [5, 5.41) is 2.81. The monoisotopic (exact) mass is 488 g/mol. The number of nitrogen functional groups attached to an aromatic ring is 1. The number of benzene rings is 1. The van der Waals surface area contributed by atoms with Crippen molar-refractivity contribution >= 4 is 29.1 Å². The highest BCUT2D eigenvalue weighted by Gasteiger charge is 2.37. The van der Waals surface area contributed by atoms with Gasteiger partial charge in [-0.3, -0.25) is 0 Å². The van der Waals surface area contributed by atoms with Crippen molar-refractivity contribution in [2.75, 3.05) is 37.4 Å². The number of hydrogen-bond acceptors (Lipinski definition) is 6. The minimum atomic E-state index is -4.90. The molecule has 178 valence electrons. The van der Waals surface area contributed by atoms with Crippen LogP contribution in [0.3, 0.4) is 0 Å². The molecule has 1 fully saturated rings. The largest absolute Gasteiger partial charge is 0.419 e. The molecule has 13 heteroatoms. The first-order valence-corrected chi connectivity index (χ1v) is 10.5. The number of nitrogens with two attached hydrogens (primary N) is 1. The molecule has 0 spiro atoms. The van der Waals surface area contributed by atoms with E-state index in [-0.39, 0.29) is 41.5 Å². The maximum Gasteiger partial charge on any atom is 0.419 e. The molecule has 0 aliphatic carbocycles. The Bertz CT molecular complexity index is 1080. The van der Waals surface area contributed by atoms with Crippen LogP contribution < -0.4 is 11.1 Å². The number of urea groups is 1. The smallest absolute Gasteiger partial charge is 0.399 e. The lowest BCUT2D eigenvalue weighted by atomic mass is 10.0. The first kappa shape index (κ1) is 23.3. The predicted molar refractivity (Wildman–Crippen MR) is 112 cm³/mol. The molecule has 1 atom stereocenters. The van der Waals surface area contributed by atoms with E-state index in [0.29, 0.717) is 43.6 Å². The molecule has 3 heterocycles. The van der Waals surface area contributed by atoms with Crippen LogP contribution in [0.15, 0.2) is 12.1 Å². The van der Waals surface area contributed by atoms with Crippen LogP contribution in [0.25, 0.3) is 0 Å². The van der Waals surface area contributed by atoms with Gasteiger partial charge in [-0.2, -0.15) is 13.2 Å². The van der Waals surface area contributed by atoms with Crippen LogP contribution >= 0.6 is 11.6 Å². The molecule has 1 unspecified atom stereocenters. The number of hydrogen-bond donors (Lipinski definition) is 2. The summed E-state index contributed by atoms with van der Waals surface area (Å²) in [5.41, 5.74) is 4.73. The van der Waals surface area contributed by atoms with Crippen LogP contribution in [0.1, 0.15) is 35.3 Å². The molecule has 1 saturated heterocycles. The summed E-state index contributed by atoms with van der Waals surface area (Å²) >= 11 is 6.04. The van der Waals surface area contributed by atoms with Crippen molar-refractivity contribution in [1.29, 1.82) is 0 Å². The summed E-state index contributed by atoms with van der Waals surface area (Å²) in [6.45, 7) is 3.69. The van der Waals surface area contributed by atoms with Gasteiger partial charge in [-0.25, -0.2) is 19.2 Å². The lowest BCUT2D eigenvalue weighted by Crippen LogP contribution is -2.46. The number of alkyl halides is 3. The number of fused-ring (bicyclic) bond motifs is 1. The van der Waals surface area contributed by atoms with Gasteiger partial charge in [0, 0.05) is 29.9 Å². The Morgan fingerprint density at radius 1 is 1.21 bits per heavy atom. The quantitative estimate of drug-likeness (QED) is 0.387. The van der Waals surface area contributed by atoms with Crippen molar-refractivity contribution < 1.29 is 27.1 Å². The highest BCUT2D eigenvalue weighted by atomic mass is 35.5. The lowest BCUT2D eigenvalue weighted by Gasteiger charge is -2.30. The molecule has 2 aliphatic rings. The maximum atomic E-state index is 14.7. The average Bonchev–Trinajstić information content (AvgIpc) is 3.18. The van der Waals surface area contributed by atoms with Gasteiger partial charge in [-0.15, -0.1) is 0 Å². The van der Waals surface area contributed by atoms with Gasteiger partial charge in [0.1, 0.15) is 11.6 Å². The van der Waals surface area contributed by atoms with E-state index >= 15 is 0 Å². The van der Waals surface area contributed by atoms with E-state index in [0.717, 1.165) is 6.07 Å². The SMILES string of the molecule is CC(Nc1nc(Cl)nc2c1CN(C(=O)N1CCOCC1)C2)c1cc(N)cc(C(F)(F)F)c1F. The lowest BCUT2D eigenvalue weighted by molar-refractivity contribution is -0.140. The minimum absolute atomic E-state index is 0.104. The van der Waals surface area contributed by atoms with Crippen molar-refractivity contribution in [2.45, 2.75) is 32.2 Å². The summed E-state index contributed by atoms with van der Waals surface area (Å²) in [6, 6.07) is 0.566. The van der Waals surface area contributed by atoms with Gasteiger partial charge < -0.3 is 25.6 Å². The molecule has 2 aliphatic heterocycles. The van der Waals surface area contributed by atoms with Crippen LogP contribution in [-0.4, -0.2) is 52.1 Å². The Kier molecular flexibility index (Phi) is 6.23. The van der Waals surface area contributed by atoms with Crippen molar-refractivity contribution in [1.82, 2.24) is 19.8 Å². The Hall–Kier alpha value is -2.86. The molecule has 2 aromatic rings. The molecule has 1 aromatic carbocycles. The first-order valence-electron chi connectivity index (χ1n) is 10.1. The maximum absolute atomic E-state index is 14.7. The third kappa shape index (κ3) is 4.76. The fraction of sp³-hybridized carbons (Fsp3) is 0.450. The third-order valence-electron chi connectivity index (χ3n) is 5.56. The minimum Gasteiger partial charge on any atom is -0.399 e. The average molecular weight is 489 g/mol. The number of aromatic nitrogens is 2. The standard InChI is InChI=1S/C20H21ClF4N6O2/c1-10(12-6-11(26)7-14(16(12)22)20(23,24)25)27-17-13-8-31(9-15(13)28-18(21)29-17)19(32)30-2-4-33-5-3-30/h6-7,10H,2-5,8-9,26H2,1H3,(H,27,28,29). The number of rotatable bonds is 3. The molecule has 1 aromatic heterocycles. The molecule has 2 amide bonds. The fourth-order valence-corrected chi connectivity index (χ4v) is 4.09. The van der Waals surface area contributed by atoms with Crippen molar-refractivity contribution in [2.24, 2.45) is 0 Å². The van der Waals surface area contributed by atoms with E-state index in [9.17, 15) is 22.4 Å². The summed E-state index contributed by atoms with van der Waals surface area (Å²) in [6.07, 6.45) is -4.90. The summed E-state index contributed by atoms with van der Waals surface area (Å²) < 4.78 is 59.6. The Labute approximate surface area is 191 Å². The second-order valence-corrected chi connectivity index (χ2v) is 8.18. The zero-order valence-corrected chi connectivity index (χ0v) is 18.3. The van der Waals surface area contributed by atoms with E-state index in [4.69, 9.17) is 22.1 Å².